The van der Waals surface area contributed by atoms with Gasteiger partial charge in [-0.05, 0) is 0 Å². The summed E-state index contributed by atoms with van der Waals surface area (Å²) in [5.74, 6) is -4.89. The van der Waals surface area contributed by atoms with Crippen LogP contribution < -0.4 is 0 Å². The smallest absolute Gasteiger partial charge is 0.396 e. The van der Waals surface area contributed by atoms with Crippen LogP contribution in [0.2, 0.25) is 0 Å². The van der Waals surface area contributed by atoms with Gasteiger partial charge in [0.25, 0.3) is 0 Å². The number of hydrogen-bond donors (Lipinski definition) is 4. The third-order valence-corrected chi connectivity index (χ3v) is 1.98. The van der Waals surface area contributed by atoms with Crippen molar-refractivity contribution in [2.75, 3.05) is 6.61 Å². The van der Waals surface area contributed by atoms with E-state index in [0.717, 1.165) is 0 Å². The van der Waals surface area contributed by atoms with E-state index in [-0.39, 0.29) is 12.8 Å². The largest absolute Gasteiger partial charge is 0.403 e. The molecule has 8 nitrogen and oxygen atoms in total. The molecule has 1 aliphatic rings. The van der Waals surface area contributed by atoms with Gasteiger partial charge in [-0.15, -0.1) is 0 Å². The maximum Gasteiger partial charge on any atom is 0.403 e. The zero-order valence-corrected chi connectivity index (χ0v) is 8.20. The molecule has 0 spiro atoms. The molecular weight excluding hydrogens is 224 g/mol. The topological polar surface area (TPSA) is 134 Å². The SMILES string of the molecule is O=C1CCC(=O)OC(O)(C(O)C(O)CO)O1. The number of aliphatic hydroxyl groups is 4. The van der Waals surface area contributed by atoms with Gasteiger partial charge >= 0.3 is 17.9 Å². The van der Waals surface area contributed by atoms with Crippen LogP contribution >= 0.6 is 0 Å². The summed E-state index contributed by atoms with van der Waals surface area (Å²) < 4.78 is 8.61. The zero-order valence-electron chi connectivity index (χ0n) is 8.20. The lowest BCUT2D eigenvalue weighted by Gasteiger charge is -2.30. The molecule has 1 heterocycles. The van der Waals surface area contributed by atoms with Crippen molar-refractivity contribution < 1.29 is 39.5 Å². The van der Waals surface area contributed by atoms with Crippen molar-refractivity contribution in [3.8, 4) is 0 Å². The summed E-state index contributed by atoms with van der Waals surface area (Å²) in [6.45, 7) is -0.904. The Balaban J connectivity index is 2.86. The number of carbonyl (C=O) groups excluding carboxylic acids is 2. The van der Waals surface area contributed by atoms with Gasteiger partial charge in [0.1, 0.15) is 6.10 Å². The Hall–Kier alpha value is -1.22. The fourth-order valence-electron chi connectivity index (χ4n) is 1.12. The highest BCUT2D eigenvalue weighted by Gasteiger charge is 2.49. The highest BCUT2D eigenvalue weighted by Crippen LogP contribution is 2.23. The van der Waals surface area contributed by atoms with Crippen molar-refractivity contribution in [3.63, 3.8) is 0 Å². The van der Waals surface area contributed by atoms with E-state index < -0.39 is 36.7 Å². The summed E-state index contributed by atoms with van der Waals surface area (Å²) in [4.78, 5) is 22.0. The van der Waals surface area contributed by atoms with Gasteiger partial charge in [0.2, 0.25) is 0 Å². The number of hydrogen-bond acceptors (Lipinski definition) is 8. The fourth-order valence-corrected chi connectivity index (χ4v) is 1.12. The first-order valence-corrected chi connectivity index (χ1v) is 4.52. The van der Waals surface area contributed by atoms with Gasteiger partial charge in [-0.3, -0.25) is 9.59 Å². The maximum atomic E-state index is 11.0. The molecule has 0 radical (unpaired) electrons. The fraction of sp³-hybridized carbons (Fsp3) is 0.750. The molecule has 1 fully saturated rings. The average molecular weight is 236 g/mol. The Morgan fingerprint density at radius 1 is 1.19 bits per heavy atom. The van der Waals surface area contributed by atoms with E-state index in [1.54, 1.807) is 0 Å². The van der Waals surface area contributed by atoms with E-state index in [1.165, 1.54) is 0 Å². The number of ether oxygens (including phenoxy) is 2. The minimum Gasteiger partial charge on any atom is -0.396 e. The quantitative estimate of drug-likeness (QED) is 0.387. The second kappa shape index (κ2) is 4.74. The van der Waals surface area contributed by atoms with Crippen LogP contribution in [0.15, 0.2) is 0 Å². The van der Waals surface area contributed by atoms with Gasteiger partial charge in [-0.2, -0.15) is 0 Å². The van der Waals surface area contributed by atoms with Crippen LogP contribution in [-0.2, 0) is 19.1 Å². The summed E-state index contributed by atoms with van der Waals surface area (Å²) in [7, 11) is 0. The second-order valence-corrected chi connectivity index (χ2v) is 3.27. The molecule has 0 bridgehead atoms. The van der Waals surface area contributed by atoms with Crippen LogP contribution in [0.1, 0.15) is 12.8 Å². The molecule has 4 N–H and O–H groups in total. The summed E-state index contributed by atoms with van der Waals surface area (Å²) in [6, 6.07) is 0. The van der Waals surface area contributed by atoms with Crippen molar-refractivity contribution >= 4 is 11.9 Å². The third kappa shape index (κ3) is 2.67. The Bertz CT molecular complexity index is 270. The minimum absolute atomic E-state index is 0.302. The molecule has 92 valence electrons. The zero-order chi connectivity index (χ0) is 12.3. The average Bonchev–Trinajstić information content (AvgIpc) is 2.36. The summed E-state index contributed by atoms with van der Waals surface area (Å²) >= 11 is 0. The molecular formula is C8H12O8. The van der Waals surface area contributed by atoms with Gasteiger partial charge in [0.05, 0.1) is 19.4 Å². The van der Waals surface area contributed by atoms with Gasteiger partial charge in [0.15, 0.2) is 6.10 Å². The molecule has 1 aliphatic heterocycles. The molecule has 0 aliphatic carbocycles. The molecule has 1 rings (SSSR count). The predicted octanol–water partition coefficient (Wildman–Crippen LogP) is -2.77. The monoisotopic (exact) mass is 236 g/mol. The lowest BCUT2D eigenvalue weighted by Crippen LogP contribution is -2.54. The predicted molar refractivity (Wildman–Crippen MR) is 45.5 cm³/mol. The first-order valence-electron chi connectivity index (χ1n) is 4.52. The minimum atomic E-state index is -2.97. The number of cyclic esters (lactones) is 2. The highest BCUT2D eigenvalue weighted by atomic mass is 16.9. The maximum absolute atomic E-state index is 11.0. The van der Waals surface area contributed by atoms with Crippen molar-refractivity contribution in [1.29, 1.82) is 0 Å². The van der Waals surface area contributed by atoms with E-state index in [4.69, 9.17) is 10.2 Å². The van der Waals surface area contributed by atoms with Crippen LogP contribution in [0.3, 0.4) is 0 Å². The number of carbonyl (C=O) groups is 2. The van der Waals surface area contributed by atoms with Crippen LogP contribution in [0, 0.1) is 0 Å². The molecule has 0 aromatic carbocycles. The summed E-state index contributed by atoms with van der Waals surface area (Å²) in [6.07, 6.45) is -4.57. The Labute approximate surface area is 90.0 Å². The highest BCUT2D eigenvalue weighted by molar-refractivity contribution is 5.79. The first kappa shape index (κ1) is 12.8. The van der Waals surface area contributed by atoms with E-state index in [1.807, 2.05) is 0 Å². The van der Waals surface area contributed by atoms with E-state index >= 15 is 0 Å². The molecule has 0 aromatic rings. The van der Waals surface area contributed by atoms with Gasteiger partial charge < -0.3 is 29.9 Å². The number of esters is 2. The lowest BCUT2D eigenvalue weighted by molar-refractivity contribution is -0.368. The molecule has 0 aromatic heterocycles. The van der Waals surface area contributed by atoms with Crippen LogP contribution in [0.5, 0.6) is 0 Å². The molecule has 2 unspecified atom stereocenters. The van der Waals surface area contributed by atoms with Crippen LogP contribution in [-0.4, -0.2) is 57.2 Å². The normalized spacial score (nSPS) is 24.0. The lowest BCUT2D eigenvalue weighted by atomic mass is 10.2. The van der Waals surface area contributed by atoms with Crippen molar-refractivity contribution in [1.82, 2.24) is 0 Å². The Morgan fingerprint density at radius 2 is 1.62 bits per heavy atom. The summed E-state index contributed by atoms with van der Waals surface area (Å²) in [5, 5.41) is 36.5. The molecule has 8 heteroatoms. The van der Waals surface area contributed by atoms with E-state index in [2.05, 4.69) is 9.47 Å². The third-order valence-electron chi connectivity index (χ3n) is 1.98. The van der Waals surface area contributed by atoms with Crippen molar-refractivity contribution in [3.05, 3.63) is 0 Å². The van der Waals surface area contributed by atoms with Crippen LogP contribution in [0.25, 0.3) is 0 Å². The second-order valence-electron chi connectivity index (χ2n) is 3.27. The molecule has 0 amide bonds. The standard InChI is InChI=1S/C8H12O8/c9-3-4(10)7(13)8(14)15-5(11)1-2-6(12)16-8/h4,7,9-10,13-14H,1-3H2. The van der Waals surface area contributed by atoms with Gasteiger partial charge in [0, 0.05) is 0 Å². The molecule has 0 saturated carbocycles. The Kier molecular flexibility index (Phi) is 3.81. The molecule has 2 atom stereocenters. The van der Waals surface area contributed by atoms with Gasteiger partial charge in [-0.1, -0.05) is 0 Å². The first-order chi connectivity index (χ1) is 7.39. The van der Waals surface area contributed by atoms with E-state index in [0.29, 0.717) is 0 Å². The van der Waals surface area contributed by atoms with Gasteiger partial charge in [-0.25, -0.2) is 0 Å². The summed E-state index contributed by atoms with van der Waals surface area (Å²) in [5.41, 5.74) is 0. The van der Waals surface area contributed by atoms with Crippen molar-refractivity contribution in [2.45, 2.75) is 31.0 Å². The van der Waals surface area contributed by atoms with Crippen molar-refractivity contribution in [2.24, 2.45) is 0 Å². The Morgan fingerprint density at radius 3 is 2.00 bits per heavy atom. The number of rotatable bonds is 3. The number of aliphatic hydroxyl groups excluding tert-OH is 3. The van der Waals surface area contributed by atoms with Crippen LogP contribution in [0.4, 0.5) is 0 Å². The van der Waals surface area contributed by atoms with E-state index in [9.17, 15) is 19.8 Å². The molecule has 16 heavy (non-hydrogen) atoms. The molecule has 1 saturated heterocycles.